The molecule has 0 heterocycles. The predicted octanol–water partition coefficient (Wildman–Crippen LogP) is 4.52. The fraction of sp³-hybridized carbons (Fsp3) is 0.125. The molecule has 0 bridgehead atoms. The molecule has 0 fully saturated rings. The van der Waals surface area contributed by atoms with E-state index < -0.39 is 0 Å². The first-order valence-corrected chi connectivity index (χ1v) is 8.65. The number of nitrogens with zero attached hydrogens (tertiary/aromatic N) is 2. The Morgan fingerprint density at radius 1 is 0.682 bits per heavy atom. The molecule has 0 saturated heterocycles. The Bertz CT molecular complexity index is 547. The summed E-state index contributed by atoms with van der Waals surface area (Å²) in [6.45, 7) is 0. The molecule has 6 heteroatoms. The van der Waals surface area contributed by atoms with Gasteiger partial charge in [0.2, 0.25) is 0 Å². The lowest BCUT2D eigenvalue weighted by Crippen LogP contribution is -2.01. The molecule has 0 saturated carbocycles. The lowest BCUT2D eigenvalue weighted by Gasteiger charge is -1.97. The van der Waals surface area contributed by atoms with Crippen molar-refractivity contribution in [3.63, 3.8) is 0 Å². The van der Waals surface area contributed by atoms with Crippen LogP contribution in [-0.4, -0.2) is 32.5 Å². The van der Waals surface area contributed by atoms with Gasteiger partial charge in [-0.25, -0.2) is 0 Å². The van der Waals surface area contributed by atoms with Gasteiger partial charge in [-0.2, -0.15) is 0 Å². The molecule has 0 atom stereocenters. The molecule has 2 N–H and O–H groups in total. The normalized spacial score (nSPS) is 11.5. The minimum absolute atomic E-state index is 0.563. The lowest BCUT2D eigenvalue weighted by molar-refractivity contribution is 0.319. The molecule has 0 radical (unpaired) electrons. The third-order valence-corrected chi connectivity index (χ3v) is 3.77. The Morgan fingerprint density at radius 3 is 1.23 bits per heavy atom. The predicted molar refractivity (Wildman–Crippen MR) is 97.1 cm³/mol. The van der Waals surface area contributed by atoms with Crippen LogP contribution in [0.5, 0.6) is 0 Å². The molecule has 0 aliphatic carbocycles. The SMILES string of the molecule is O/N=C(/CBr)c1ccccc1.O/N=C(/CBr)c1ccccc1. The van der Waals surface area contributed by atoms with Gasteiger partial charge in [-0.1, -0.05) is 103 Å². The van der Waals surface area contributed by atoms with Crippen LogP contribution in [0.25, 0.3) is 0 Å². The molecule has 0 spiro atoms. The molecule has 4 nitrogen and oxygen atoms in total. The Kier molecular flexibility index (Phi) is 9.18. The number of hydrogen-bond acceptors (Lipinski definition) is 4. The number of rotatable bonds is 4. The first-order valence-electron chi connectivity index (χ1n) is 6.41. The second-order valence-electron chi connectivity index (χ2n) is 4.09. The monoisotopic (exact) mass is 426 g/mol. The van der Waals surface area contributed by atoms with Crippen molar-refractivity contribution < 1.29 is 10.4 Å². The van der Waals surface area contributed by atoms with Gasteiger partial charge in [0.05, 0.1) is 11.4 Å². The highest BCUT2D eigenvalue weighted by atomic mass is 79.9. The van der Waals surface area contributed by atoms with Gasteiger partial charge in [0.1, 0.15) is 0 Å². The molecule has 0 aliphatic heterocycles. The van der Waals surface area contributed by atoms with Crippen molar-refractivity contribution in [2.45, 2.75) is 0 Å². The number of benzene rings is 2. The smallest absolute Gasteiger partial charge is 0.0973 e. The van der Waals surface area contributed by atoms with Crippen LogP contribution < -0.4 is 0 Å². The maximum Gasteiger partial charge on any atom is 0.0973 e. The quantitative estimate of drug-likeness (QED) is 0.326. The third-order valence-electron chi connectivity index (χ3n) is 2.71. The summed E-state index contributed by atoms with van der Waals surface area (Å²) in [6, 6.07) is 19.1. The Balaban J connectivity index is 0.000000220. The molecule has 0 amide bonds. The molecule has 0 aromatic heterocycles. The Labute approximate surface area is 146 Å². The summed E-state index contributed by atoms with van der Waals surface area (Å²) in [7, 11) is 0. The summed E-state index contributed by atoms with van der Waals surface area (Å²) in [5.41, 5.74) is 3.16. The van der Waals surface area contributed by atoms with Gasteiger partial charge in [-0.3, -0.25) is 0 Å². The van der Waals surface area contributed by atoms with Gasteiger partial charge < -0.3 is 10.4 Å². The van der Waals surface area contributed by atoms with E-state index in [1.807, 2.05) is 60.7 Å². The molecular weight excluding hydrogens is 412 g/mol. The van der Waals surface area contributed by atoms with Gasteiger partial charge in [0, 0.05) is 21.8 Å². The lowest BCUT2D eigenvalue weighted by atomic mass is 10.1. The van der Waals surface area contributed by atoms with Crippen LogP contribution in [0.4, 0.5) is 0 Å². The fourth-order valence-corrected chi connectivity index (χ4v) is 2.46. The number of halogens is 2. The Hall–Kier alpha value is -1.66. The minimum Gasteiger partial charge on any atom is -0.411 e. The van der Waals surface area contributed by atoms with Gasteiger partial charge in [0.25, 0.3) is 0 Å². The van der Waals surface area contributed by atoms with Crippen LogP contribution in [0.2, 0.25) is 0 Å². The number of hydrogen-bond donors (Lipinski definition) is 2. The number of alkyl halides is 2. The van der Waals surface area contributed by atoms with Crippen molar-refractivity contribution >= 4 is 43.3 Å². The van der Waals surface area contributed by atoms with Gasteiger partial charge in [-0.15, -0.1) is 0 Å². The van der Waals surface area contributed by atoms with Gasteiger partial charge in [-0.05, 0) is 0 Å². The van der Waals surface area contributed by atoms with E-state index in [1.54, 1.807) is 0 Å². The molecule has 22 heavy (non-hydrogen) atoms. The van der Waals surface area contributed by atoms with Crippen molar-refractivity contribution in [3.05, 3.63) is 71.8 Å². The number of oxime groups is 2. The summed E-state index contributed by atoms with van der Waals surface area (Å²) in [5.74, 6) is 0. The second-order valence-corrected chi connectivity index (χ2v) is 5.21. The maximum absolute atomic E-state index is 8.54. The van der Waals surface area contributed by atoms with Crippen LogP contribution in [0, 0.1) is 0 Å². The maximum atomic E-state index is 8.54. The minimum atomic E-state index is 0.563. The molecule has 0 aliphatic rings. The van der Waals surface area contributed by atoms with Crippen LogP contribution in [0.15, 0.2) is 71.0 Å². The van der Waals surface area contributed by atoms with Crippen LogP contribution in [0.1, 0.15) is 11.1 Å². The molecule has 0 unspecified atom stereocenters. The van der Waals surface area contributed by atoms with E-state index >= 15 is 0 Å². The van der Waals surface area contributed by atoms with Crippen molar-refractivity contribution in [3.8, 4) is 0 Å². The first kappa shape index (κ1) is 18.4. The van der Waals surface area contributed by atoms with E-state index in [2.05, 4.69) is 42.2 Å². The summed E-state index contributed by atoms with van der Waals surface area (Å²) < 4.78 is 0. The van der Waals surface area contributed by atoms with Crippen LogP contribution in [0.3, 0.4) is 0 Å². The average Bonchev–Trinajstić information content (AvgIpc) is 2.60. The van der Waals surface area contributed by atoms with E-state index in [0.717, 1.165) is 11.1 Å². The van der Waals surface area contributed by atoms with Crippen molar-refractivity contribution in [1.82, 2.24) is 0 Å². The molecule has 2 rings (SSSR count). The summed E-state index contributed by atoms with van der Waals surface area (Å²) in [5, 5.41) is 24.5. The van der Waals surface area contributed by atoms with E-state index in [0.29, 0.717) is 22.1 Å². The standard InChI is InChI=1S/2C8H8BrNO/c2*9-6-8(10-11)7-4-2-1-3-5-7/h2*1-5,11H,6H2/b2*10-8-. The van der Waals surface area contributed by atoms with Gasteiger partial charge >= 0.3 is 0 Å². The van der Waals surface area contributed by atoms with E-state index in [9.17, 15) is 0 Å². The summed E-state index contributed by atoms with van der Waals surface area (Å²) in [4.78, 5) is 0. The van der Waals surface area contributed by atoms with E-state index in [-0.39, 0.29) is 0 Å². The van der Waals surface area contributed by atoms with Crippen molar-refractivity contribution in [1.29, 1.82) is 0 Å². The zero-order chi connectivity index (χ0) is 16.2. The van der Waals surface area contributed by atoms with E-state index in [1.165, 1.54) is 0 Å². The van der Waals surface area contributed by atoms with Crippen LogP contribution >= 0.6 is 31.9 Å². The van der Waals surface area contributed by atoms with Crippen molar-refractivity contribution in [2.75, 3.05) is 10.7 Å². The zero-order valence-electron chi connectivity index (χ0n) is 11.7. The van der Waals surface area contributed by atoms with Gasteiger partial charge in [0.15, 0.2) is 0 Å². The van der Waals surface area contributed by atoms with Crippen LogP contribution in [-0.2, 0) is 0 Å². The molecule has 2 aromatic carbocycles. The topological polar surface area (TPSA) is 65.2 Å². The molecule has 2 aromatic rings. The Morgan fingerprint density at radius 2 is 1.00 bits per heavy atom. The highest BCUT2D eigenvalue weighted by Gasteiger charge is 1.99. The van der Waals surface area contributed by atoms with Crippen molar-refractivity contribution in [2.24, 2.45) is 10.3 Å². The largest absolute Gasteiger partial charge is 0.411 e. The fourth-order valence-electron chi connectivity index (χ4n) is 1.58. The van der Waals surface area contributed by atoms with E-state index in [4.69, 9.17) is 10.4 Å². The highest BCUT2D eigenvalue weighted by Crippen LogP contribution is 2.03. The first-order chi connectivity index (χ1) is 10.8. The average molecular weight is 428 g/mol. The third kappa shape index (κ3) is 5.99. The highest BCUT2D eigenvalue weighted by molar-refractivity contribution is 9.09. The molecular formula is C16H16Br2N2O2. The summed E-state index contributed by atoms with van der Waals surface area (Å²) >= 11 is 6.44. The second kappa shape index (κ2) is 11.0. The molecule has 116 valence electrons. The summed E-state index contributed by atoms with van der Waals surface area (Å²) in [6.07, 6.45) is 0. The zero-order valence-corrected chi connectivity index (χ0v) is 14.9.